The van der Waals surface area contributed by atoms with Gasteiger partial charge in [-0.15, -0.1) is 0 Å². The Hall–Kier alpha value is -2.32. The third-order valence-corrected chi connectivity index (χ3v) is 6.01. The van der Waals surface area contributed by atoms with Crippen molar-refractivity contribution in [2.24, 2.45) is 4.99 Å². The molecule has 176 valence electrons. The molecule has 1 amide bonds. The molecule has 32 heavy (non-hydrogen) atoms. The molecule has 2 N–H and O–H groups in total. The third-order valence-electron chi connectivity index (χ3n) is 6.01. The fourth-order valence-electron chi connectivity index (χ4n) is 4.10. The van der Waals surface area contributed by atoms with Crippen LogP contribution >= 0.6 is 0 Å². The van der Waals surface area contributed by atoms with Crippen LogP contribution in [0.1, 0.15) is 38.2 Å². The maximum atomic E-state index is 11.7. The number of carbonyl (C=O) groups excluding carboxylic acids is 1. The van der Waals surface area contributed by atoms with Crippen molar-refractivity contribution >= 4 is 11.9 Å². The largest absolute Gasteiger partial charge is 0.484 e. The van der Waals surface area contributed by atoms with Gasteiger partial charge in [-0.25, -0.2) is 0 Å². The number of nitrogens with zero attached hydrogens (tertiary/aromatic N) is 2. The first-order valence-corrected chi connectivity index (χ1v) is 12.0. The summed E-state index contributed by atoms with van der Waals surface area (Å²) in [7, 11) is 0. The summed E-state index contributed by atoms with van der Waals surface area (Å²) in [5.41, 5.74) is 1.19. The lowest BCUT2D eigenvalue weighted by atomic mass is 10.1. The zero-order chi connectivity index (χ0) is 22.2. The van der Waals surface area contributed by atoms with Gasteiger partial charge in [0.1, 0.15) is 11.9 Å². The van der Waals surface area contributed by atoms with E-state index in [4.69, 9.17) is 19.2 Å². The number of aliphatic imine (C=N–C) groups is 1. The van der Waals surface area contributed by atoms with E-state index in [1.807, 2.05) is 24.3 Å². The molecular weight excluding hydrogens is 408 g/mol. The Morgan fingerprint density at radius 2 is 1.97 bits per heavy atom. The molecule has 2 unspecified atom stereocenters. The van der Waals surface area contributed by atoms with E-state index in [2.05, 4.69) is 22.5 Å². The van der Waals surface area contributed by atoms with E-state index in [1.54, 1.807) is 0 Å². The summed E-state index contributed by atoms with van der Waals surface area (Å²) >= 11 is 0. The second kappa shape index (κ2) is 11.5. The monoisotopic (exact) mass is 444 g/mol. The molecule has 3 aliphatic rings. The fraction of sp³-hybridized carbons (Fsp3) is 0.667. The van der Waals surface area contributed by atoms with Gasteiger partial charge in [0.2, 0.25) is 0 Å². The van der Waals surface area contributed by atoms with Crippen LogP contribution in [0, 0.1) is 0 Å². The normalized spacial score (nSPS) is 23.8. The molecule has 0 bridgehead atoms. The van der Waals surface area contributed by atoms with Gasteiger partial charge in [-0.2, -0.15) is 0 Å². The topological polar surface area (TPSA) is 84.4 Å². The summed E-state index contributed by atoms with van der Waals surface area (Å²) < 4.78 is 17.4. The molecule has 3 fully saturated rings. The molecule has 2 saturated heterocycles. The number of amides is 1. The molecule has 1 saturated carbocycles. The molecule has 0 radical (unpaired) electrons. The van der Waals surface area contributed by atoms with Crippen LogP contribution in [-0.4, -0.2) is 81.0 Å². The van der Waals surface area contributed by atoms with Gasteiger partial charge in [0, 0.05) is 38.8 Å². The Bertz CT molecular complexity index is 760. The van der Waals surface area contributed by atoms with Gasteiger partial charge in [0.15, 0.2) is 12.6 Å². The maximum Gasteiger partial charge on any atom is 0.258 e. The van der Waals surface area contributed by atoms with Crippen molar-refractivity contribution < 1.29 is 19.0 Å². The molecule has 1 aromatic carbocycles. The van der Waals surface area contributed by atoms with E-state index in [0.717, 1.165) is 64.3 Å². The standard InChI is InChI=1S/C24H36N4O4/c1-2-25-24(28-13-15-31-22(16-28)21-4-3-14-30-21)26-12-11-18-5-9-20(10-6-18)32-17-23(29)27-19-7-8-19/h5-6,9-10,19,21-22H,2-4,7-8,11-17H2,1H3,(H,25,26)(H,27,29). The van der Waals surface area contributed by atoms with Crippen LogP contribution in [0.15, 0.2) is 29.3 Å². The Labute approximate surface area is 190 Å². The Balaban J connectivity index is 1.24. The van der Waals surface area contributed by atoms with Crippen molar-refractivity contribution in [2.45, 2.75) is 57.3 Å². The molecular formula is C24H36N4O4. The smallest absolute Gasteiger partial charge is 0.258 e. The minimum Gasteiger partial charge on any atom is -0.484 e. The van der Waals surface area contributed by atoms with Gasteiger partial charge in [0.05, 0.1) is 12.7 Å². The van der Waals surface area contributed by atoms with Crippen LogP contribution < -0.4 is 15.4 Å². The Morgan fingerprint density at radius 1 is 1.16 bits per heavy atom. The number of benzene rings is 1. The van der Waals surface area contributed by atoms with E-state index in [9.17, 15) is 4.79 Å². The van der Waals surface area contributed by atoms with E-state index in [-0.39, 0.29) is 24.7 Å². The summed E-state index contributed by atoms with van der Waals surface area (Å²) in [6.07, 6.45) is 5.54. The van der Waals surface area contributed by atoms with Crippen molar-refractivity contribution in [1.29, 1.82) is 0 Å². The van der Waals surface area contributed by atoms with E-state index in [0.29, 0.717) is 24.9 Å². The number of hydrogen-bond acceptors (Lipinski definition) is 5. The summed E-state index contributed by atoms with van der Waals surface area (Å²) in [6.45, 7) is 6.91. The van der Waals surface area contributed by atoms with Crippen LogP contribution in [0.2, 0.25) is 0 Å². The predicted octanol–water partition coefficient (Wildman–Crippen LogP) is 1.73. The zero-order valence-corrected chi connectivity index (χ0v) is 19.1. The van der Waals surface area contributed by atoms with Gasteiger partial charge in [-0.1, -0.05) is 12.1 Å². The van der Waals surface area contributed by atoms with Crippen molar-refractivity contribution in [1.82, 2.24) is 15.5 Å². The van der Waals surface area contributed by atoms with Crippen LogP contribution in [0.4, 0.5) is 0 Å². The van der Waals surface area contributed by atoms with Gasteiger partial charge >= 0.3 is 0 Å². The quantitative estimate of drug-likeness (QED) is 0.446. The van der Waals surface area contributed by atoms with Crippen LogP contribution in [0.25, 0.3) is 0 Å². The maximum absolute atomic E-state index is 11.7. The van der Waals surface area contributed by atoms with E-state index in [1.165, 1.54) is 5.56 Å². The predicted molar refractivity (Wildman–Crippen MR) is 123 cm³/mol. The minimum absolute atomic E-state index is 0.0493. The van der Waals surface area contributed by atoms with Crippen molar-refractivity contribution in [3.8, 4) is 5.75 Å². The summed E-state index contributed by atoms with van der Waals surface area (Å²) in [4.78, 5) is 18.9. The highest BCUT2D eigenvalue weighted by Crippen LogP contribution is 2.21. The molecule has 2 aliphatic heterocycles. The lowest BCUT2D eigenvalue weighted by Crippen LogP contribution is -2.53. The highest BCUT2D eigenvalue weighted by atomic mass is 16.5. The molecule has 0 aromatic heterocycles. The average molecular weight is 445 g/mol. The third kappa shape index (κ3) is 6.84. The number of hydrogen-bond donors (Lipinski definition) is 2. The SMILES string of the molecule is CCNC(=NCCc1ccc(OCC(=O)NC2CC2)cc1)N1CCOC(C2CCCO2)C1. The lowest BCUT2D eigenvalue weighted by molar-refractivity contribution is -0.123. The van der Waals surface area contributed by atoms with Crippen LogP contribution in [-0.2, 0) is 20.7 Å². The van der Waals surface area contributed by atoms with Crippen molar-refractivity contribution in [2.75, 3.05) is 46.0 Å². The lowest BCUT2D eigenvalue weighted by Gasteiger charge is -2.37. The van der Waals surface area contributed by atoms with Crippen LogP contribution in [0.3, 0.4) is 0 Å². The number of ether oxygens (including phenoxy) is 3. The van der Waals surface area contributed by atoms with Crippen molar-refractivity contribution in [3.63, 3.8) is 0 Å². The molecule has 2 heterocycles. The summed E-state index contributed by atoms with van der Waals surface area (Å²) in [6, 6.07) is 8.28. The van der Waals surface area contributed by atoms with Crippen molar-refractivity contribution in [3.05, 3.63) is 29.8 Å². The fourth-order valence-corrected chi connectivity index (χ4v) is 4.10. The summed E-state index contributed by atoms with van der Waals surface area (Å²) in [5, 5.41) is 6.35. The first-order valence-electron chi connectivity index (χ1n) is 12.0. The zero-order valence-electron chi connectivity index (χ0n) is 19.1. The number of carbonyl (C=O) groups is 1. The number of nitrogens with one attached hydrogen (secondary N) is 2. The van der Waals surface area contributed by atoms with Gasteiger partial charge < -0.3 is 29.7 Å². The molecule has 1 aliphatic carbocycles. The number of morpholine rings is 1. The van der Waals surface area contributed by atoms with Crippen LogP contribution in [0.5, 0.6) is 5.75 Å². The summed E-state index contributed by atoms with van der Waals surface area (Å²) in [5.74, 6) is 1.61. The van der Waals surface area contributed by atoms with E-state index < -0.39 is 0 Å². The second-order valence-corrected chi connectivity index (χ2v) is 8.67. The highest BCUT2D eigenvalue weighted by Gasteiger charge is 2.32. The average Bonchev–Trinajstić information content (AvgIpc) is 3.45. The Kier molecular flexibility index (Phi) is 8.23. The van der Waals surface area contributed by atoms with Gasteiger partial charge in [0.25, 0.3) is 5.91 Å². The van der Waals surface area contributed by atoms with E-state index >= 15 is 0 Å². The minimum atomic E-state index is -0.0493. The molecule has 1 aromatic rings. The molecule has 8 nitrogen and oxygen atoms in total. The number of guanidine groups is 1. The van der Waals surface area contributed by atoms with Gasteiger partial charge in [-0.3, -0.25) is 9.79 Å². The first kappa shape index (κ1) is 22.9. The van der Waals surface area contributed by atoms with Gasteiger partial charge in [-0.05, 0) is 56.7 Å². The second-order valence-electron chi connectivity index (χ2n) is 8.67. The number of rotatable bonds is 9. The molecule has 4 rings (SSSR count). The molecule has 8 heteroatoms. The Morgan fingerprint density at radius 3 is 2.69 bits per heavy atom. The highest BCUT2D eigenvalue weighted by molar-refractivity contribution is 5.80. The molecule has 2 atom stereocenters. The molecule has 0 spiro atoms. The first-order chi connectivity index (χ1) is 15.7.